The highest BCUT2D eigenvalue weighted by molar-refractivity contribution is 5.87. The van der Waals surface area contributed by atoms with E-state index in [1.54, 1.807) is 0 Å². The zero-order chi connectivity index (χ0) is 23.8. The topological polar surface area (TPSA) is 91.0 Å². The van der Waals surface area contributed by atoms with E-state index in [-0.39, 0.29) is 12.5 Å². The predicted molar refractivity (Wildman–Crippen MR) is 126 cm³/mol. The maximum Gasteiger partial charge on any atom is 0.408 e. The van der Waals surface area contributed by atoms with E-state index in [0.29, 0.717) is 12.8 Å². The molecule has 0 aromatic heterocycles. The smallest absolute Gasteiger partial charge is 0.408 e. The van der Waals surface area contributed by atoms with Gasteiger partial charge in [0, 0.05) is 0 Å². The number of nitrogens with one attached hydrogen (secondary N) is 2. The van der Waals surface area contributed by atoms with Gasteiger partial charge in [-0.15, -0.1) is 0 Å². The third kappa shape index (κ3) is 13.1. The number of carbonyl (C=O) groups is 3. The first-order valence-electron chi connectivity index (χ1n) is 11.3. The summed E-state index contributed by atoms with van der Waals surface area (Å²) >= 11 is 0. The Balaban J connectivity index is 2.59. The van der Waals surface area contributed by atoms with Gasteiger partial charge in [0.1, 0.15) is 18.9 Å². The van der Waals surface area contributed by atoms with Gasteiger partial charge in [-0.05, 0) is 85.4 Å². The fraction of sp³-hybridized carbons (Fsp3) is 0.625. The van der Waals surface area contributed by atoms with E-state index in [1.807, 2.05) is 58.5 Å². The van der Waals surface area contributed by atoms with Crippen LogP contribution in [0, 0.1) is 0 Å². The Bertz CT molecular complexity index is 667. The summed E-state index contributed by atoms with van der Waals surface area (Å²) < 4.78 is 5.27. The lowest BCUT2D eigenvalue weighted by molar-refractivity contribution is -0.126. The van der Waals surface area contributed by atoms with E-state index >= 15 is 0 Å². The molecule has 0 saturated heterocycles. The average molecular weight is 449 g/mol. The van der Waals surface area contributed by atoms with E-state index in [9.17, 15) is 14.4 Å². The third-order valence-electron chi connectivity index (χ3n) is 5.03. The molecule has 1 aromatic carbocycles. The maximum absolute atomic E-state index is 12.8. The van der Waals surface area contributed by atoms with Crippen LogP contribution in [0.15, 0.2) is 30.3 Å². The van der Waals surface area contributed by atoms with Gasteiger partial charge in [-0.1, -0.05) is 30.3 Å². The monoisotopic (exact) mass is 448 g/mol. The summed E-state index contributed by atoms with van der Waals surface area (Å²) in [7, 11) is 7.99. The Hall–Kier alpha value is -2.45. The van der Waals surface area contributed by atoms with Crippen molar-refractivity contribution in [1.82, 2.24) is 20.4 Å². The lowest BCUT2D eigenvalue weighted by Crippen LogP contribution is -2.50. The summed E-state index contributed by atoms with van der Waals surface area (Å²) in [5.74, 6) is -0.351. The second kappa shape index (κ2) is 16.2. The van der Waals surface area contributed by atoms with Crippen molar-refractivity contribution in [3.05, 3.63) is 35.9 Å². The summed E-state index contributed by atoms with van der Waals surface area (Å²) in [6.07, 6.45) is 4.64. The van der Waals surface area contributed by atoms with Crippen LogP contribution < -0.4 is 10.6 Å². The highest BCUT2D eigenvalue weighted by Crippen LogP contribution is 2.07. The number of ether oxygens (including phenoxy) is 1. The van der Waals surface area contributed by atoms with E-state index in [0.717, 1.165) is 50.6 Å². The summed E-state index contributed by atoms with van der Waals surface area (Å²) in [5.41, 5.74) is 0.869. The molecule has 1 rings (SSSR count). The number of carbonyl (C=O) groups excluding carboxylic acids is 3. The van der Waals surface area contributed by atoms with E-state index < -0.39 is 18.2 Å². The first-order valence-corrected chi connectivity index (χ1v) is 11.3. The quantitative estimate of drug-likeness (QED) is 0.298. The van der Waals surface area contributed by atoms with Gasteiger partial charge < -0.3 is 30.0 Å². The highest BCUT2D eigenvalue weighted by Gasteiger charge is 2.23. The summed E-state index contributed by atoms with van der Waals surface area (Å²) in [6, 6.07) is 8.06. The molecule has 8 heteroatoms. The van der Waals surface area contributed by atoms with Crippen molar-refractivity contribution in [3.8, 4) is 0 Å². The van der Waals surface area contributed by atoms with Crippen LogP contribution in [0.25, 0.3) is 0 Å². The van der Waals surface area contributed by atoms with Crippen molar-refractivity contribution in [3.63, 3.8) is 0 Å². The second-order valence-corrected chi connectivity index (χ2v) is 8.61. The van der Waals surface area contributed by atoms with Gasteiger partial charge in [-0.3, -0.25) is 4.79 Å². The standard InChI is InChI=1S/C24H40N4O4/c1-27(2)16-10-8-14-21(18-29)25-23(30)22(15-9-11-17-28(3)4)26-24(31)32-19-20-12-6-5-7-13-20/h5-7,12-13,18,21-22H,8-11,14-17,19H2,1-4H3,(H,25,30)(H,26,31). The van der Waals surface area contributed by atoms with Crippen molar-refractivity contribution >= 4 is 18.3 Å². The van der Waals surface area contributed by atoms with Crippen molar-refractivity contribution < 1.29 is 19.1 Å². The van der Waals surface area contributed by atoms with Gasteiger partial charge in [-0.25, -0.2) is 4.79 Å². The molecule has 32 heavy (non-hydrogen) atoms. The average Bonchev–Trinajstić information content (AvgIpc) is 2.76. The first kappa shape index (κ1) is 27.6. The number of nitrogens with zero attached hydrogens (tertiary/aromatic N) is 2. The van der Waals surface area contributed by atoms with Gasteiger partial charge in [0.05, 0.1) is 6.04 Å². The van der Waals surface area contributed by atoms with Gasteiger partial charge in [-0.2, -0.15) is 0 Å². The van der Waals surface area contributed by atoms with Gasteiger partial charge >= 0.3 is 6.09 Å². The van der Waals surface area contributed by atoms with Crippen molar-refractivity contribution in [2.24, 2.45) is 0 Å². The summed E-state index contributed by atoms with van der Waals surface area (Å²) in [6.45, 7) is 1.96. The number of benzene rings is 1. The SMILES string of the molecule is CN(C)CCCCC(C=O)NC(=O)C(CCCCN(C)C)NC(=O)OCc1ccccc1. The van der Waals surface area contributed by atoms with Crippen LogP contribution in [0.4, 0.5) is 4.79 Å². The molecule has 2 amide bonds. The molecule has 0 heterocycles. The number of amides is 2. The van der Waals surface area contributed by atoms with Crippen LogP contribution in [0.3, 0.4) is 0 Å². The van der Waals surface area contributed by atoms with E-state index in [1.165, 1.54) is 0 Å². The molecular formula is C24H40N4O4. The minimum atomic E-state index is -0.746. The molecular weight excluding hydrogens is 408 g/mol. The molecule has 2 atom stereocenters. The summed E-state index contributed by atoms with van der Waals surface area (Å²) in [5, 5.41) is 5.46. The molecule has 2 unspecified atom stereocenters. The Morgan fingerprint density at radius 1 is 0.906 bits per heavy atom. The van der Waals surface area contributed by atoms with Crippen molar-refractivity contribution in [1.29, 1.82) is 0 Å². The van der Waals surface area contributed by atoms with Crippen LogP contribution in [0.1, 0.15) is 44.1 Å². The van der Waals surface area contributed by atoms with Crippen LogP contribution >= 0.6 is 0 Å². The predicted octanol–water partition coefficient (Wildman–Crippen LogP) is 2.43. The third-order valence-corrected chi connectivity index (χ3v) is 5.03. The lowest BCUT2D eigenvalue weighted by Gasteiger charge is -2.21. The number of aldehydes is 1. The number of hydrogen-bond acceptors (Lipinski definition) is 6. The summed E-state index contributed by atoms with van der Waals surface area (Å²) in [4.78, 5) is 40.8. The molecule has 0 aliphatic carbocycles. The van der Waals surface area contributed by atoms with Crippen molar-refractivity contribution in [2.45, 2.75) is 57.2 Å². The number of unbranched alkanes of at least 4 members (excludes halogenated alkanes) is 2. The Kier molecular flexibility index (Phi) is 14.0. The maximum atomic E-state index is 12.8. The molecule has 0 aliphatic rings. The van der Waals surface area contributed by atoms with Crippen LogP contribution in [-0.2, 0) is 20.9 Å². The fourth-order valence-electron chi connectivity index (χ4n) is 3.20. The Morgan fingerprint density at radius 3 is 2.06 bits per heavy atom. The first-order chi connectivity index (χ1) is 15.3. The molecule has 2 N–H and O–H groups in total. The van der Waals surface area contributed by atoms with Crippen LogP contribution in [0.5, 0.6) is 0 Å². The lowest BCUT2D eigenvalue weighted by atomic mass is 10.1. The van der Waals surface area contributed by atoms with Gasteiger partial charge in [0.2, 0.25) is 5.91 Å². The number of alkyl carbamates (subject to hydrolysis) is 1. The largest absolute Gasteiger partial charge is 0.445 e. The molecule has 1 aromatic rings. The molecule has 8 nitrogen and oxygen atoms in total. The van der Waals surface area contributed by atoms with E-state index in [4.69, 9.17) is 4.74 Å². The molecule has 180 valence electrons. The van der Waals surface area contributed by atoms with Crippen molar-refractivity contribution in [2.75, 3.05) is 41.3 Å². The van der Waals surface area contributed by atoms with Crippen LogP contribution in [-0.4, -0.2) is 81.5 Å². The molecule has 0 fully saturated rings. The molecule has 0 saturated carbocycles. The molecule has 0 radical (unpaired) electrons. The molecule has 0 bridgehead atoms. The Labute approximate surface area is 192 Å². The minimum absolute atomic E-state index is 0.129. The Morgan fingerprint density at radius 2 is 1.50 bits per heavy atom. The number of rotatable bonds is 16. The minimum Gasteiger partial charge on any atom is -0.445 e. The zero-order valence-corrected chi connectivity index (χ0v) is 20.0. The van der Waals surface area contributed by atoms with E-state index in [2.05, 4.69) is 20.4 Å². The highest BCUT2D eigenvalue weighted by atomic mass is 16.5. The molecule has 0 aliphatic heterocycles. The second-order valence-electron chi connectivity index (χ2n) is 8.61. The van der Waals surface area contributed by atoms with Gasteiger partial charge in [0.15, 0.2) is 0 Å². The zero-order valence-electron chi connectivity index (χ0n) is 20.0. The van der Waals surface area contributed by atoms with Gasteiger partial charge in [0.25, 0.3) is 0 Å². The van der Waals surface area contributed by atoms with Crippen LogP contribution in [0.2, 0.25) is 0 Å². The molecule has 0 spiro atoms. The normalized spacial score (nSPS) is 12.9. The fourth-order valence-corrected chi connectivity index (χ4v) is 3.20. The number of hydrogen-bond donors (Lipinski definition) is 2.